The summed E-state index contributed by atoms with van der Waals surface area (Å²) >= 11 is 0. The van der Waals surface area contributed by atoms with Crippen molar-refractivity contribution in [2.24, 2.45) is 28.2 Å². The maximum Gasteiger partial charge on any atom is 0.277 e. The first-order valence-electron chi connectivity index (χ1n) is 39.2. The molecule has 0 aliphatic rings. The van der Waals surface area contributed by atoms with E-state index in [1.54, 1.807) is 0 Å². The molecule has 0 fully saturated rings. The first kappa shape index (κ1) is 75.8. The summed E-state index contributed by atoms with van der Waals surface area (Å²) in [6, 6.07) is 72.0. The van der Waals surface area contributed by atoms with Crippen molar-refractivity contribution in [2.75, 3.05) is 0 Å². The number of aryl methyl sites for hydroxylation is 14. The van der Waals surface area contributed by atoms with Crippen LogP contribution >= 0.6 is 0 Å². The highest BCUT2D eigenvalue weighted by Crippen LogP contribution is 2.43. The molecule has 0 saturated carbocycles. The maximum atomic E-state index is 6.47. The molecular formula is C98H102N12O3+4. The van der Waals surface area contributed by atoms with Gasteiger partial charge in [-0.1, -0.05) is 216 Å². The van der Waals surface area contributed by atoms with E-state index >= 15 is 0 Å². The molecule has 15 nitrogen and oxygen atoms in total. The van der Waals surface area contributed by atoms with E-state index in [1.807, 2.05) is 57.2 Å². The van der Waals surface area contributed by atoms with Crippen molar-refractivity contribution in [1.82, 2.24) is 39.1 Å². The average molecular weight is 1500 g/mol. The zero-order valence-corrected chi connectivity index (χ0v) is 69.4. The van der Waals surface area contributed by atoms with Crippen molar-refractivity contribution in [1.29, 1.82) is 0 Å². The molecule has 0 bridgehead atoms. The molecule has 18 rings (SSSR count). The summed E-state index contributed by atoms with van der Waals surface area (Å²) in [5.74, 6) is 9.02. The molecule has 7 heterocycles. The van der Waals surface area contributed by atoms with Gasteiger partial charge in [0, 0.05) is 86.0 Å². The van der Waals surface area contributed by atoms with E-state index in [1.165, 1.54) is 72.6 Å². The number of para-hydroxylation sites is 6. The number of hydrogen-bond donors (Lipinski definition) is 0. The number of nitrogens with zero attached hydrogens (tertiary/aromatic N) is 12. The smallest absolute Gasteiger partial charge is 0.277 e. The zero-order valence-electron chi connectivity index (χ0n) is 69.4. The highest BCUT2D eigenvalue weighted by Gasteiger charge is 2.36. The second-order valence-corrected chi connectivity index (χ2v) is 31.2. The van der Waals surface area contributed by atoms with Crippen molar-refractivity contribution in [3.05, 3.63) is 296 Å². The summed E-state index contributed by atoms with van der Waals surface area (Å²) < 4.78 is 36.3. The van der Waals surface area contributed by atoms with Gasteiger partial charge in [0.1, 0.15) is 50.6 Å². The Kier molecular flexibility index (Phi) is 20.3. The lowest BCUT2D eigenvalue weighted by Crippen LogP contribution is -2.33. The number of rotatable bonds is 10. The van der Waals surface area contributed by atoms with Crippen LogP contribution in [0.15, 0.2) is 220 Å². The molecule has 18 aromatic rings. The van der Waals surface area contributed by atoms with Gasteiger partial charge >= 0.3 is 0 Å². The van der Waals surface area contributed by atoms with Crippen molar-refractivity contribution in [3.63, 3.8) is 0 Å². The van der Waals surface area contributed by atoms with Gasteiger partial charge < -0.3 is 13.3 Å². The van der Waals surface area contributed by atoms with Crippen LogP contribution in [-0.2, 0) is 28.2 Å². The van der Waals surface area contributed by atoms with Crippen molar-refractivity contribution in [2.45, 2.75) is 136 Å². The second kappa shape index (κ2) is 30.2. The van der Waals surface area contributed by atoms with Crippen LogP contribution in [0.25, 0.3) is 134 Å². The highest BCUT2D eigenvalue weighted by atomic mass is 16.3. The molecule has 0 amide bonds. The number of hydrogen-bond acceptors (Lipinski definition) is 7. The van der Waals surface area contributed by atoms with Crippen LogP contribution < -0.4 is 18.3 Å². The number of furan rings is 3. The molecule has 0 spiro atoms. The van der Waals surface area contributed by atoms with E-state index in [2.05, 4.69) is 339 Å². The van der Waals surface area contributed by atoms with Gasteiger partial charge in [-0.2, -0.15) is 0 Å². The largest absolute Gasteiger partial charge is 0.456 e. The van der Waals surface area contributed by atoms with Crippen LogP contribution in [-0.4, -0.2) is 39.1 Å². The predicted molar refractivity (Wildman–Crippen MR) is 457 cm³/mol. The molecule has 0 aliphatic carbocycles. The molecule has 0 aliphatic heterocycles. The van der Waals surface area contributed by atoms with Gasteiger partial charge in [-0.3, -0.25) is 0 Å². The zero-order chi connectivity index (χ0) is 79.9. The lowest BCUT2D eigenvalue weighted by atomic mass is 9.92. The van der Waals surface area contributed by atoms with Crippen LogP contribution in [0.5, 0.6) is 0 Å². The minimum Gasteiger partial charge on any atom is -0.456 e. The van der Waals surface area contributed by atoms with E-state index in [-0.39, 0.29) is 0 Å². The normalized spacial score (nSPS) is 11.6. The van der Waals surface area contributed by atoms with Gasteiger partial charge in [0.25, 0.3) is 46.6 Å². The molecule has 0 atom stereocenters. The SMILES string of the molecule is Cc1cc2c(oc3ccccc32)c(C)c1-n1nc(C)[n+](C)c1-c1c(C)ccc2c1oc1ccccc12.Cc1cccc(C)c1-n1nc(C)[n+](C)c1-c1c(C)ccc2c1oc1ccccc12.Cc1ccccc1-c1n(-c2c(C(C)C)cccc2C(C)C)nc(C)[n+]1C.Cc1ccccc1-c1n(-c2c(C)cccc2C)nc(C)[n+]1C. The molecule has 0 N–H and O–H groups in total. The van der Waals surface area contributed by atoms with Crippen LogP contribution in [0.1, 0.15) is 130 Å². The number of benzene rings is 11. The van der Waals surface area contributed by atoms with Gasteiger partial charge in [-0.05, 0) is 179 Å². The van der Waals surface area contributed by atoms with Crippen LogP contribution in [0.3, 0.4) is 0 Å². The molecule has 0 unspecified atom stereocenters. The fourth-order valence-corrected chi connectivity index (χ4v) is 16.5. The summed E-state index contributed by atoms with van der Waals surface area (Å²) in [6.45, 7) is 38.7. The third kappa shape index (κ3) is 13.3. The predicted octanol–water partition coefficient (Wildman–Crippen LogP) is 21.7. The molecule has 0 saturated heterocycles. The lowest BCUT2D eigenvalue weighted by molar-refractivity contribution is -0.667. The van der Waals surface area contributed by atoms with Crippen LogP contribution in [0.2, 0.25) is 0 Å². The lowest BCUT2D eigenvalue weighted by Gasteiger charge is -2.17. The average Bonchev–Trinajstić information content (AvgIpc) is 1.56. The molecule has 0 radical (unpaired) electrons. The first-order valence-corrected chi connectivity index (χ1v) is 39.2. The quantitative estimate of drug-likeness (QED) is 0.125. The van der Waals surface area contributed by atoms with E-state index in [9.17, 15) is 0 Å². The van der Waals surface area contributed by atoms with Gasteiger partial charge in [-0.15, -0.1) is 0 Å². The minimum absolute atomic E-state index is 0.434. The summed E-state index contributed by atoms with van der Waals surface area (Å²) in [4.78, 5) is 0. The third-order valence-corrected chi connectivity index (χ3v) is 22.9. The molecule has 15 heteroatoms. The van der Waals surface area contributed by atoms with E-state index in [0.717, 1.165) is 152 Å². The first-order chi connectivity index (χ1) is 54.2. The summed E-state index contributed by atoms with van der Waals surface area (Å²) in [6.07, 6.45) is 0. The maximum absolute atomic E-state index is 6.47. The standard InChI is InChI=1S/C31H26N3O2.C25H24N3O.C23H30N3.C19H22N3/c1-17-14-15-23-21-10-6-8-12-25(21)36-30(23)27(17)31-33(5)20(4)32-34(31)28-18(2)16-24-22-11-7-9-13-26(22)35-29(24)19(28)3;1-15-13-14-20-19-11-6-7-12-21(19)29-24(20)22(15)25-27(5)18(4)26-28(25)23-16(2)9-8-10-17(23)3;1-15(2)19-13-10-14-20(16(3)4)22(19)26-23(25(7)18(6)24-26)21-12-9-8-11-17(21)5;1-13-9-6-7-12-17(13)19-21(5)16(4)20-22(19)18-14(2)10-8-11-15(18)3/h6-16H,1-5H3;6-14H,1-5H3;8-16H,1-7H3;6-12H,1-5H3/q4*+1. The van der Waals surface area contributed by atoms with E-state index in [0.29, 0.717) is 11.8 Å². The molecular weight excluding hydrogens is 1390 g/mol. The topological polar surface area (TPSA) is 126 Å². The number of fused-ring (bicyclic) bond motifs is 9. The summed E-state index contributed by atoms with van der Waals surface area (Å²) in [5.41, 5.74) is 29.1. The Hall–Kier alpha value is -12.6. The van der Waals surface area contributed by atoms with Crippen molar-refractivity contribution >= 4 is 65.8 Å². The van der Waals surface area contributed by atoms with Gasteiger partial charge in [0.2, 0.25) is 0 Å². The van der Waals surface area contributed by atoms with Crippen molar-refractivity contribution < 1.29 is 31.5 Å². The highest BCUT2D eigenvalue weighted by molar-refractivity contribution is 6.11. The molecule has 113 heavy (non-hydrogen) atoms. The Bertz CT molecular complexity index is 6690. The summed E-state index contributed by atoms with van der Waals surface area (Å²) in [7, 11) is 8.32. The second-order valence-electron chi connectivity index (χ2n) is 31.2. The van der Waals surface area contributed by atoms with Gasteiger partial charge in [-0.25, -0.2) is 18.3 Å². The van der Waals surface area contributed by atoms with Crippen LogP contribution in [0, 0.1) is 96.9 Å². The molecule has 568 valence electrons. The Balaban J connectivity index is 0.000000121. The Morgan fingerprint density at radius 3 is 0.965 bits per heavy atom. The fraction of sp³-hybridized carbons (Fsp3) is 0.245. The van der Waals surface area contributed by atoms with E-state index < -0.39 is 0 Å². The Morgan fingerprint density at radius 1 is 0.265 bits per heavy atom. The Morgan fingerprint density at radius 2 is 0.575 bits per heavy atom. The summed E-state index contributed by atoms with van der Waals surface area (Å²) in [5, 5.41) is 26.5. The van der Waals surface area contributed by atoms with E-state index in [4.69, 9.17) is 33.6 Å². The number of aromatic nitrogens is 12. The Labute approximate surface area is 661 Å². The fourth-order valence-electron chi connectivity index (χ4n) is 16.5. The van der Waals surface area contributed by atoms with Crippen molar-refractivity contribution in [3.8, 4) is 68.3 Å². The molecule has 7 aromatic heterocycles. The van der Waals surface area contributed by atoms with Gasteiger partial charge in [0.15, 0.2) is 5.69 Å². The van der Waals surface area contributed by atoms with Crippen LogP contribution in [0.4, 0.5) is 0 Å². The molecule has 11 aromatic carbocycles. The van der Waals surface area contributed by atoms with Gasteiger partial charge in [0.05, 0.1) is 50.4 Å². The monoisotopic (exact) mass is 1490 g/mol. The minimum atomic E-state index is 0.434. The third-order valence-electron chi connectivity index (χ3n) is 22.9.